The van der Waals surface area contributed by atoms with E-state index in [1.54, 1.807) is 0 Å². The topological polar surface area (TPSA) is 55.5 Å². The summed E-state index contributed by atoms with van der Waals surface area (Å²) in [6, 6.07) is 13.6. The van der Waals surface area contributed by atoms with Gasteiger partial charge in [-0.15, -0.1) is 0 Å². The highest BCUT2D eigenvalue weighted by Crippen LogP contribution is 2.16. The Bertz CT molecular complexity index is 535. The second kappa shape index (κ2) is 6.36. The molecule has 0 radical (unpaired) electrons. The molecule has 0 saturated carbocycles. The molecule has 0 fully saturated rings. The molecule has 2 aromatic carbocycles. The summed E-state index contributed by atoms with van der Waals surface area (Å²) >= 11 is 0. The fraction of sp³-hybridized carbons (Fsp3) is 0.250. The van der Waals surface area contributed by atoms with E-state index in [-0.39, 0.29) is 6.61 Å². The van der Waals surface area contributed by atoms with Gasteiger partial charge in [0, 0.05) is 6.54 Å². The van der Waals surface area contributed by atoms with E-state index in [9.17, 15) is 0 Å². The quantitative estimate of drug-likeness (QED) is 0.865. The number of hydrogen-bond acceptors (Lipinski definition) is 3. The van der Waals surface area contributed by atoms with Crippen molar-refractivity contribution in [3.05, 3.63) is 64.7 Å². The first kappa shape index (κ1) is 13.6. The summed E-state index contributed by atoms with van der Waals surface area (Å²) in [5.41, 5.74) is 9.97. The van der Waals surface area contributed by atoms with Gasteiger partial charge in [0.1, 0.15) is 12.4 Å². The van der Waals surface area contributed by atoms with Gasteiger partial charge in [0.25, 0.3) is 0 Å². The Morgan fingerprint density at radius 2 is 1.74 bits per heavy atom. The van der Waals surface area contributed by atoms with Gasteiger partial charge in [-0.2, -0.15) is 0 Å². The Labute approximate surface area is 113 Å². The summed E-state index contributed by atoms with van der Waals surface area (Å²) in [7, 11) is 0. The first-order valence-electron chi connectivity index (χ1n) is 6.34. The van der Waals surface area contributed by atoms with Gasteiger partial charge < -0.3 is 15.6 Å². The van der Waals surface area contributed by atoms with Gasteiger partial charge in [-0.25, -0.2) is 0 Å². The molecule has 0 saturated heterocycles. The third-order valence-corrected chi connectivity index (χ3v) is 3.14. The number of aliphatic hydroxyl groups is 1. The smallest absolute Gasteiger partial charge is 0.119 e. The molecule has 0 aromatic heterocycles. The minimum absolute atomic E-state index is 0.0555. The van der Waals surface area contributed by atoms with Gasteiger partial charge in [0.05, 0.1) is 6.61 Å². The molecule has 0 amide bonds. The maximum atomic E-state index is 8.97. The number of hydrogen-bond donors (Lipinski definition) is 2. The van der Waals surface area contributed by atoms with Crippen LogP contribution in [0.3, 0.4) is 0 Å². The van der Waals surface area contributed by atoms with Crippen molar-refractivity contribution in [3.63, 3.8) is 0 Å². The van der Waals surface area contributed by atoms with E-state index in [1.165, 1.54) is 5.56 Å². The maximum absolute atomic E-state index is 8.97. The minimum Gasteiger partial charge on any atom is -0.489 e. The molecule has 0 aliphatic rings. The van der Waals surface area contributed by atoms with Crippen LogP contribution in [0.1, 0.15) is 22.3 Å². The molecular weight excluding hydrogens is 238 g/mol. The lowest BCUT2D eigenvalue weighted by molar-refractivity contribution is 0.280. The van der Waals surface area contributed by atoms with E-state index in [2.05, 4.69) is 19.1 Å². The van der Waals surface area contributed by atoms with Crippen molar-refractivity contribution in [1.82, 2.24) is 0 Å². The molecule has 0 aliphatic carbocycles. The fourth-order valence-electron chi connectivity index (χ4n) is 1.90. The van der Waals surface area contributed by atoms with Gasteiger partial charge in [-0.3, -0.25) is 0 Å². The van der Waals surface area contributed by atoms with E-state index >= 15 is 0 Å². The number of rotatable bonds is 5. The molecule has 0 atom stereocenters. The third kappa shape index (κ3) is 3.56. The van der Waals surface area contributed by atoms with Gasteiger partial charge in [0.15, 0.2) is 0 Å². The van der Waals surface area contributed by atoms with Crippen LogP contribution in [-0.2, 0) is 19.8 Å². The standard InChI is InChI=1S/C16H19NO2/c1-12-8-14(9-17)2-5-15(12)11-19-16-6-3-13(10-18)4-7-16/h2-8,18H,9-11,17H2,1H3. The van der Waals surface area contributed by atoms with Crippen LogP contribution in [0, 0.1) is 6.92 Å². The van der Waals surface area contributed by atoms with Crippen molar-refractivity contribution in [1.29, 1.82) is 0 Å². The first-order valence-corrected chi connectivity index (χ1v) is 6.34. The lowest BCUT2D eigenvalue weighted by atomic mass is 10.1. The first-order chi connectivity index (χ1) is 9.22. The Morgan fingerprint density at radius 1 is 1.05 bits per heavy atom. The summed E-state index contributed by atoms with van der Waals surface area (Å²) in [6.07, 6.45) is 0. The molecule has 3 heteroatoms. The maximum Gasteiger partial charge on any atom is 0.119 e. The van der Waals surface area contributed by atoms with Crippen LogP contribution < -0.4 is 10.5 Å². The molecule has 0 aliphatic heterocycles. The Balaban J connectivity index is 2.01. The Hall–Kier alpha value is -1.84. The minimum atomic E-state index is 0.0555. The summed E-state index contributed by atoms with van der Waals surface area (Å²) < 4.78 is 5.73. The molecular formula is C16H19NO2. The van der Waals surface area contributed by atoms with Crippen LogP contribution in [0.15, 0.2) is 42.5 Å². The van der Waals surface area contributed by atoms with E-state index in [4.69, 9.17) is 15.6 Å². The number of nitrogens with two attached hydrogens (primary N) is 1. The highest BCUT2D eigenvalue weighted by Gasteiger charge is 2.01. The Kier molecular flexibility index (Phi) is 4.55. The fourth-order valence-corrected chi connectivity index (χ4v) is 1.90. The van der Waals surface area contributed by atoms with Crippen LogP contribution in [0.4, 0.5) is 0 Å². The highest BCUT2D eigenvalue weighted by atomic mass is 16.5. The van der Waals surface area contributed by atoms with Gasteiger partial charge in [-0.1, -0.05) is 30.3 Å². The van der Waals surface area contributed by atoms with Gasteiger partial charge in [0.2, 0.25) is 0 Å². The molecule has 2 aromatic rings. The summed E-state index contributed by atoms with van der Waals surface area (Å²) in [6.45, 7) is 3.21. The van der Waals surface area contributed by atoms with Crippen molar-refractivity contribution in [2.24, 2.45) is 5.73 Å². The molecule has 0 unspecified atom stereocenters. The lowest BCUT2D eigenvalue weighted by Gasteiger charge is -2.10. The SMILES string of the molecule is Cc1cc(CN)ccc1COc1ccc(CO)cc1. The van der Waals surface area contributed by atoms with Gasteiger partial charge in [-0.05, 0) is 41.3 Å². The van der Waals surface area contributed by atoms with Crippen LogP contribution in [0.25, 0.3) is 0 Å². The Morgan fingerprint density at radius 3 is 2.32 bits per heavy atom. The zero-order valence-electron chi connectivity index (χ0n) is 11.1. The highest BCUT2D eigenvalue weighted by molar-refractivity contribution is 5.32. The largest absolute Gasteiger partial charge is 0.489 e. The molecule has 3 N–H and O–H groups in total. The molecule has 100 valence electrons. The van der Waals surface area contributed by atoms with Crippen LogP contribution >= 0.6 is 0 Å². The molecule has 19 heavy (non-hydrogen) atoms. The number of aryl methyl sites for hydroxylation is 1. The third-order valence-electron chi connectivity index (χ3n) is 3.14. The average Bonchev–Trinajstić information content (AvgIpc) is 2.46. The van der Waals surface area contributed by atoms with Crippen molar-refractivity contribution < 1.29 is 9.84 Å². The van der Waals surface area contributed by atoms with E-state index in [1.807, 2.05) is 30.3 Å². The molecule has 0 bridgehead atoms. The van der Waals surface area contributed by atoms with Crippen molar-refractivity contribution in [3.8, 4) is 5.75 Å². The normalized spacial score (nSPS) is 10.5. The number of ether oxygens (including phenoxy) is 1. The molecule has 0 heterocycles. The van der Waals surface area contributed by atoms with Crippen LogP contribution in [0.2, 0.25) is 0 Å². The number of aliphatic hydroxyl groups excluding tert-OH is 1. The lowest BCUT2D eigenvalue weighted by Crippen LogP contribution is -2.01. The predicted molar refractivity (Wildman–Crippen MR) is 75.8 cm³/mol. The monoisotopic (exact) mass is 257 g/mol. The van der Waals surface area contributed by atoms with Crippen molar-refractivity contribution in [2.75, 3.05) is 0 Å². The van der Waals surface area contributed by atoms with Crippen molar-refractivity contribution in [2.45, 2.75) is 26.7 Å². The summed E-state index contributed by atoms with van der Waals surface area (Å²) in [5, 5.41) is 8.97. The van der Waals surface area contributed by atoms with E-state index in [0.29, 0.717) is 13.2 Å². The zero-order valence-corrected chi connectivity index (χ0v) is 11.1. The summed E-state index contributed by atoms with van der Waals surface area (Å²) in [5.74, 6) is 0.805. The second-order valence-corrected chi connectivity index (χ2v) is 4.56. The second-order valence-electron chi connectivity index (χ2n) is 4.56. The molecule has 0 spiro atoms. The molecule has 2 rings (SSSR count). The van der Waals surface area contributed by atoms with Crippen LogP contribution in [-0.4, -0.2) is 5.11 Å². The average molecular weight is 257 g/mol. The zero-order chi connectivity index (χ0) is 13.7. The van der Waals surface area contributed by atoms with E-state index in [0.717, 1.165) is 22.4 Å². The number of benzene rings is 2. The van der Waals surface area contributed by atoms with Gasteiger partial charge >= 0.3 is 0 Å². The van der Waals surface area contributed by atoms with Crippen molar-refractivity contribution >= 4 is 0 Å². The predicted octanol–water partition coefficient (Wildman–Crippen LogP) is 2.53. The molecule has 3 nitrogen and oxygen atoms in total. The summed E-state index contributed by atoms with van der Waals surface area (Å²) in [4.78, 5) is 0. The van der Waals surface area contributed by atoms with E-state index < -0.39 is 0 Å². The van der Waals surface area contributed by atoms with Crippen LogP contribution in [0.5, 0.6) is 5.75 Å².